The summed E-state index contributed by atoms with van der Waals surface area (Å²) in [5.41, 5.74) is 0.773. The van der Waals surface area contributed by atoms with Gasteiger partial charge >= 0.3 is 0 Å². The molecule has 0 saturated heterocycles. The van der Waals surface area contributed by atoms with E-state index in [0.717, 1.165) is 0 Å². The molecule has 1 aromatic carbocycles. The molecule has 0 fully saturated rings. The van der Waals surface area contributed by atoms with Crippen LogP contribution < -0.4 is 4.90 Å². The Kier molecular flexibility index (Phi) is 4.96. The summed E-state index contributed by atoms with van der Waals surface area (Å²) in [6.07, 6.45) is -2.57. The third kappa shape index (κ3) is 3.92. The Bertz CT molecular complexity index is 427. The lowest BCUT2D eigenvalue weighted by atomic mass is 10.2. The zero-order chi connectivity index (χ0) is 13.7. The molecule has 0 spiro atoms. The Balaban J connectivity index is 3.06. The Labute approximate surface area is 103 Å². The van der Waals surface area contributed by atoms with Gasteiger partial charge in [0.2, 0.25) is 0 Å². The van der Waals surface area contributed by atoms with Crippen molar-refractivity contribution in [3.63, 3.8) is 0 Å². The first-order valence-electron chi connectivity index (χ1n) is 5.34. The molecule has 0 aliphatic carbocycles. The number of hydrogen-bond acceptors (Lipinski definition) is 4. The fourth-order valence-electron chi connectivity index (χ4n) is 1.64. The van der Waals surface area contributed by atoms with E-state index < -0.39 is 17.9 Å². The molecule has 0 atom stereocenters. The van der Waals surface area contributed by atoms with Gasteiger partial charge < -0.3 is 10.0 Å². The predicted molar refractivity (Wildman–Crippen MR) is 63.1 cm³/mol. The first-order chi connectivity index (χ1) is 8.43. The molecule has 100 valence electrons. The van der Waals surface area contributed by atoms with Crippen molar-refractivity contribution in [1.29, 1.82) is 0 Å². The average Bonchev–Trinajstić information content (AvgIpc) is 2.27. The minimum absolute atomic E-state index is 0.00491. The van der Waals surface area contributed by atoms with Gasteiger partial charge in [-0.2, -0.15) is 0 Å². The Morgan fingerprint density at radius 1 is 1.44 bits per heavy atom. The van der Waals surface area contributed by atoms with Crippen molar-refractivity contribution >= 4 is 11.4 Å². The molecule has 0 heterocycles. The van der Waals surface area contributed by atoms with E-state index in [1.54, 1.807) is 13.0 Å². The molecule has 1 rings (SSSR count). The summed E-state index contributed by atoms with van der Waals surface area (Å²) >= 11 is 0. The molecule has 7 heteroatoms. The Hall–Kier alpha value is -1.76. The minimum atomic E-state index is -2.57. The first kappa shape index (κ1) is 14.3. The standard InChI is InChI=1S/C11H14F2N2O3/c1-8-4-9(6-10(5-8)15(17)18)14(2-3-16)7-11(12)13/h4-6,11,16H,2-3,7H2,1H3. The molecule has 0 radical (unpaired) electrons. The zero-order valence-electron chi connectivity index (χ0n) is 9.84. The maximum atomic E-state index is 12.4. The maximum absolute atomic E-state index is 12.4. The maximum Gasteiger partial charge on any atom is 0.271 e. The van der Waals surface area contributed by atoms with E-state index in [1.807, 2.05) is 0 Å². The normalized spacial score (nSPS) is 10.7. The van der Waals surface area contributed by atoms with E-state index in [1.165, 1.54) is 17.0 Å². The van der Waals surface area contributed by atoms with Gasteiger partial charge in [-0.1, -0.05) is 0 Å². The summed E-state index contributed by atoms with van der Waals surface area (Å²) in [5, 5.41) is 19.5. The van der Waals surface area contributed by atoms with Crippen molar-refractivity contribution in [3.8, 4) is 0 Å². The van der Waals surface area contributed by atoms with Gasteiger partial charge in [0.15, 0.2) is 0 Å². The van der Waals surface area contributed by atoms with Crippen LogP contribution >= 0.6 is 0 Å². The second-order valence-corrected chi connectivity index (χ2v) is 3.84. The van der Waals surface area contributed by atoms with Gasteiger partial charge in [0.1, 0.15) is 0 Å². The number of hydrogen-bond donors (Lipinski definition) is 1. The molecular weight excluding hydrogens is 246 g/mol. The number of alkyl halides is 2. The molecule has 1 N–H and O–H groups in total. The van der Waals surface area contributed by atoms with Crippen LogP contribution in [0.5, 0.6) is 0 Å². The van der Waals surface area contributed by atoms with Crippen LogP contribution in [0.4, 0.5) is 20.2 Å². The number of nitrogens with zero attached hydrogens (tertiary/aromatic N) is 2. The van der Waals surface area contributed by atoms with Crippen LogP contribution in [0.25, 0.3) is 0 Å². The lowest BCUT2D eigenvalue weighted by molar-refractivity contribution is -0.384. The summed E-state index contributed by atoms with van der Waals surface area (Å²) in [6, 6.07) is 4.17. The van der Waals surface area contributed by atoms with Crippen LogP contribution in [0.1, 0.15) is 5.56 Å². The van der Waals surface area contributed by atoms with Crippen LogP contribution in [0.3, 0.4) is 0 Å². The highest BCUT2D eigenvalue weighted by Gasteiger charge is 2.16. The molecule has 0 aromatic heterocycles. The van der Waals surface area contributed by atoms with Gasteiger partial charge in [-0.25, -0.2) is 8.78 Å². The molecule has 0 saturated carbocycles. The molecule has 1 aromatic rings. The van der Waals surface area contributed by atoms with Gasteiger partial charge in [-0.15, -0.1) is 0 Å². The predicted octanol–water partition coefficient (Wildman–Crippen LogP) is 1.97. The lowest BCUT2D eigenvalue weighted by Gasteiger charge is -2.23. The number of aryl methyl sites for hydroxylation is 1. The third-order valence-electron chi connectivity index (χ3n) is 2.35. The molecule has 0 amide bonds. The minimum Gasteiger partial charge on any atom is -0.395 e. The molecular formula is C11H14F2N2O3. The summed E-state index contributed by atoms with van der Waals surface area (Å²) < 4.78 is 24.8. The van der Waals surface area contributed by atoms with Gasteiger partial charge in [-0.05, 0) is 18.6 Å². The molecule has 0 unspecified atom stereocenters. The van der Waals surface area contributed by atoms with Crippen LogP contribution in [-0.2, 0) is 0 Å². The van der Waals surface area contributed by atoms with Crippen molar-refractivity contribution in [2.24, 2.45) is 0 Å². The van der Waals surface area contributed by atoms with Crippen molar-refractivity contribution in [2.75, 3.05) is 24.6 Å². The lowest BCUT2D eigenvalue weighted by Crippen LogP contribution is -2.31. The summed E-state index contributed by atoms with van der Waals surface area (Å²) in [4.78, 5) is 11.4. The number of benzene rings is 1. The average molecular weight is 260 g/mol. The van der Waals surface area contributed by atoms with E-state index >= 15 is 0 Å². The van der Waals surface area contributed by atoms with Gasteiger partial charge in [0.05, 0.1) is 18.1 Å². The largest absolute Gasteiger partial charge is 0.395 e. The number of rotatable bonds is 6. The number of aliphatic hydroxyl groups is 1. The number of anilines is 1. The van der Waals surface area contributed by atoms with Crippen molar-refractivity contribution in [1.82, 2.24) is 0 Å². The van der Waals surface area contributed by atoms with Crippen molar-refractivity contribution in [3.05, 3.63) is 33.9 Å². The smallest absolute Gasteiger partial charge is 0.271 e. The van der Waals surface area contributed by atoms with E-state index in [4.69, 9.17) is 5.11 Å². The van der Waals surface area contributed by atoms with Gasteiger partial charge in [-0.3, -0.25) is 10.1 Å². The quantitative estimate of drug-likeness (QED) is 0.627. The topological polar surface area (TPSA) is 66.6 Å². The zero-order valence-corrected chi connectivity index (χ0v) is 9.84. The second kappa shape index (κ2) is 6.25. The fourth-order valence-corrected chi connectivity index (χ4v) is 1.64. The SMILES string of the molecule is Cc1cc(N(CCO)CC(F)F)cc([N+](=O)[O-])c1. The summed E-state index contributed by atoms with van der Waals surface area (Å²) in [7, 11) is 0. The molecule has 5 nitrogen and oxygen atoms in total. The highest BCUT2D eigenvalue weighted by atomic mass is 19.3. The van der Waals surface area contributed by atoms with E-state index in [2.05, 4.69) is 0 Å². The number of nitro benzene ring substituents is 1. The van der Waals surface area contributed by atoms with E-state index in [9.17, 15) is 18.9 Å². The number of halogens is 2. The van der Waals surface area contributed by atoms with E-state index in [-0.39, 0.29) is 18.8 Å². The molecule has 18 heavy (non-hydrogen) atoms. The third-order valence-corrected chi connectivity index (χ3v) is 2.35. The van der Waals surface area contributed by atoms with Gasteiger partial charge in [0.25, 0.3) is 12.1 Å². The van der Waals surface area contributed by atoms with Crippen molar-refractivity contribution in [2.45, 2.75) is 13.3 Å². The number of nitro groups is 1. The summed E-state index contributed by atoms with van der Waals surface area (Å²) in [6.45, 7) is 0.788. The molecule has 0 aliphatic rings. The van der Waals surface area contributed by atoms with Crippen LogP contribution in [0, 0.1) is 17.0 Å². The Morgan fingerprint density at radius 3 is 2.61 bits per heavy atom. The highest BCUT2D eigenvalue weighted by Crippen LogP contribution is 2.24. The fraction of sp³-hybridized carbons (Fsp3) is 0.455. The summed E-state index contributed by atoms with van der Waals surface area (Å²) in [5.74, 6) is 0. The molecule has 0 bridgehead atoms. The van der Waals surface area contributed by atoms with Crippen LogP contribution in [0.2, 0.25) is 0 Å². The first-order valence-corrected chi connectivity index (χ1v) is 5.34. The highest BCUT2D eigenvalue weighted by molar-refractivity contribution is 5.55. The Morgan fingerprint density at radius 2 is 2.11 bits per heavy atom. The monoisotopic (exact) mass is 260 g/mol. The number of aliphatic hydroxyl groups excluding tert-OH is 1. The molecule has 0 aliphatic heterocycles. The number of non-ortho nitro benzene ring substituents is 1. The van der Waals surface area contributed by atoms with Crippen LogP contribution in [0.15, 0.2) is 18.2 Å². The van der Waals surface area contributed by atoms with Crippen molar-refractivity contribution < 1.29 is 18.8 Å². The second-order valence-electron chi connectivity index (χ2n) is 3.84. The van der Waals surface area contributed by atoms with Gasteiger partial charge in [0, 0.05) is 24.4 Å². The van der Waals surface area contributed by atoms with E-state index in [0.29, 0.717) is 11.3 Å². The van der Waals surface area contributed by atoms with Crippen LogP contribution in [-0.4, -0.2) is 36.2 Å².